The average Bonchev–Trinajstić information content (AvgIpc) is 2.96. The van der Waals surface area contributed by atoms with Crippen molar-refractivity contribution in [1.29, 1.82) is 0 Å². The Morgan fingerprint density at radius 3 is 1.98 bits per heavy atom. The molecule has 3 atom stereocenters. The Labute approximate surface area is 256 Å². The van der Waals surface area contributed by atoms with Crippen LogP contribution in [0, 0.1) is 0 Å². The Hall–Kier alpha value is -1.44. The third-order valence-corrected chi connectivity index (χ3v) is 8.50. The first-order chi connectivity index (χ1) is 19.4. The van der Waals surface area contributed by atoms with Crippen LogP contribution in [0.5, 0.6) is 11.5 Å². The summed E-state index contributed by atoms with van der Waals surface area (Å²) >= 11 is 7.23. The predicted molar refractivity (Wildman–Crippen MR) is 170 cm³/mol. The molecular formula is C28H42O8S4. The van der Waals surface area contributed by atoms with Gasteiger partial charge in [-0.2, -0.15) is 47.0 Å². The van der Waals surface area contributed by atoms with E-state index in [9.17, 15) is 9.59 Å². The van der Waals surface area contributed by atoms with Gasteiger partial charge in [0.1, 0.15) is 18.1 Å². The fourth-order valence-corrected chi connectivity index (χ4v) is 6.00. The Bertz CT molecular complexity index is 840. The predicted octanol–water partition coefficient (Wildman–Crippen LogP) is 5.21. The molecule has 0 spiro atoms. The topological polar surface area (TPSA) is 89.5 Å². The molecule has 0 fully saturated rings. The average molecular weight is 635 g/mol. The van der Waals surface area contributed by atoms with Gasteiger partial charge in [0.25, 0.3) is 0 Å². The molecule has 0 amide bonds. The highest BCUT2D eigenvalue weighted by Gasteiger charge is 2.23. The van der Waals surface area contributed by atoms with Crippen molar-refractivity contribution >= 4 is 59.0 Å². The van der Waals surface area contributed by atoms with Gasteiger partial charge in [0.05, 0.1) is 19.8 Å². The van der Waals surface area contributed by atoms with Gasteiger partial charge >= 0.3 is 11.9 Å². The summed E-state index contributed by atoms with van der Waals surface area (Å²) in [5, 5.41) is 0. The van der Waals surface area contributed by atoms with Crippen molar-refractivity contribution < 1.29 is 38.0 Å². The number of ether oxygens (including phenoxy) is 6. The Morgan fingerprint density at radius 1 is 0.800 bits per heavy atom. The zero-order valence-electron chi connectivity index (χ0n) is 23.6. The molecule has 12 heteroatoms. The molecule has 1 aromatic rings. The smallest absolute Gasteiger partial charge is 0.330 e. The highest BCUT2D eigenvalue weighted by atomic mass is 32.2. The standard InChI is InChI=1S/C28H42O8S4/c1-6-26(29)34-22(3)28(32-13-15-40-19-17-38-5)36-24-10-8-23(9-11-24)33-21-25(35-27(30)7-2)20-31-12-14-39-18-16-37-4/h6-11,22,25,28H,1-2,12-21H2,3-5H3. The summed E-state index contributed by atoms with van der Waals surface area (Å²) < 4.78 is 34.1. The van der Waals surface area contributed by atoms with Crippen LogP contribution in [0.2, 0.25) is 0 Å². The molecule has 0 saturated heterocycles. The number of hydrogen-bond donors (Lipinski definition) is 0. The first-order valence-electron chi connectivity index (χ1n) is 12.8. The molecule has 226 valence electrons. The minimum atomic E-state index is -0.796. The van der Waals surface area contributed by atoms with Crippen LogP contribution in [0.3, 0.4) is 0 Å². The molecule has 0 aromatic heterocycles. The number of thioether (sulfide) groups is 4. The zero-order chi connectivity index (χ0) is 29.4. The second-order valence-electron chi connectivity index (χ2n) is 8.03. The highest BCUT2D eigenvalue weighted by Crippen LogP contribution is 2.21. The van der Waals surface area contributed by atoms with Gasteiger partial charge in [-0.3, -0.25) is 0 Å². The van der Waals surface area contributed by atoms with Crippen molar-refractivity contribution in [2.75, 3.05) is 73.5 Å². The maximum Gasteiger partial charge on any atom is 0.330 e. The number of rotatable bonds is 25. The molecule has 0 heterocycles. The fraction of sp³-hybridized carbons (Fsp3) is 0.571. The first-order valence-corrected chi connectivity index (χ1v) is 17.9. The quantitative estimate of drug-likeness (QED) is 0.0612. The number of carbonyl (C=O) groups is 2. The van der Waals surface area contributed by atoms with Crippen LogP contribution in [0.15, 0.2) is 49.6 Å². The number of benzene rings is 1. The van der Waals surface area contributed by atoms with E-state index in [2.05, 4.69) is 25.7 Å². The molecular weight excluding hydrogens is 593 g/mol. The van der Waals surface area contributed by atoms with E-state index in [0.717, 1.165) is 46.7 Å². The molecule has 0 saturated carbocycles. The second kappa shape index (κ2) is 24.2. The molecule has 0 aliphatic rings. The molecule has 0 aliphatic heterocycles. The lowest BCUT2D eigenvalue weighted by Gasteiger charge is -2.25. The van der Waals surface area contributed by atoms with E-state index in [0.29, 0.717) is 24.7 Å². The summed E-state index contributed by atoms with van der Waals surface area (Å²) in [4.78, 5) is 23.4. The third-order valence-electron chi connectivity index (χ3n) is 4.86. The maximum absolute atomic E-state index is 11.7. The summed E-state index contributed by atoms with van der Waals surface area (Å²) in [5.41, 5.74) is 0. The van der Waals surface area contributed by atoms with Crippen LogP contribution in [0.4, 0.5) is 0 Å². The summed E-state index contributed by atoms with van der Waals surface area (Å²) in [6.07, 6.45) is 4.36. The molecule has 8 nitrogen and oxygen atoms in total. The minimum absolute atomic E-state index is 0.119. The zero-order valence-corrected chi connectivity index (χ0v) is 26.8. The van der Waals surface area contributed by atoms with Gasteiger partial charge in [0.15, 0.2) is 12.2 Å². The lowest BCUT2D eigenvalue weighted by molar-refractivity contribution is -0.172. The molecule has 0 radical (unpaired) electrons. The Kier molecular flexibility index (Phi) is 22.1. The van der Waals surface area contributed by atoms with Gasteiger partial charge in [-0.25, -0.2) is 9.59 Å². The lowest BCUT2D eigenvalue weighted by atomic mass is 10.3. The Morgan fingerprint density at radius 2 is 1.38 bits per heavy atom. The third kappa shape index (κ3) is 18.1. The Balaban J connectivity index is 2.64. The minimum Gasteiger partial charge on any atom is -0.490 e. The summed E-state index contributed by atoms with van der Waals surface area (Å²) in [7, 11) is 0. The maximum atomic E-state index is 11.7. The van der Waals surface area contributed by atoms with Crippen molar-refractivity contribution in [3.05, 3.63) is 49.6 Å². The first kappa shape index (κ1) is 36.6. The van der Waals surface area contributed by atoms with Gasteiger partial charge in [-0.1, -0.05) is 13.2 Å². The second-order valence-corrected chi connectivity index (χ2v) is 12.5. The number of hydrogen-bond acceptors (Lipinski definition) is 12. The van der Waals surface area contributed by atoms with E-state index in [1.54, 1.807) is 54.7 Å². The van der Waals surface area contributed by atoms with Crippen molar-refractivity contribution in [3.63, 3.8) is 0 Å². The van der Waals surface area contributed by atoms with Crippen LogP contribution in [-0.2, 0) is 28.5 Å². The van der Waals surface area contributed by atoms with Crippen molar-refractivity contribution in [2.24, 2.45) is 0 Å². The normalized spacial score (nSPS) is 13.1. The lowest BCUT2D eigenvalue weighted by Crippen LogP contribution is -2.36. The van der Waals surface area contributed by atoms with Crippen molar-refractivity contribution in [1.82, 2.24) is 0 Å². The molecule has 0 N–H and O–H groups in total. The molecule has 0 bridgehead atoms. The molecule has 3 unspecified atom stereocenters. The van der Waals surface area contributed by atoms with Crippen LogP contribution >= 0.6 is 47.0 Å². The molecule has 1 aromatic carbocycles. The SMILES string of the molecule is C=CC(=O)OC(COCCSCCSC)COc1ccc(OC(OCCSCCSC)C(C)OC(=O)C=C)cc1. The molecule has 1 rings (SSSR count). The molecule has 40 heavy (non-hydrogen) atoms. The number of esters is 2. The highest BCUT2D eigenvalue weighted by molar-refractivity contribution is 8.03. The van der Waals surface area contributed by atoms with E-state index in [1.165, 1.54) is 0 Å². The van der Waals surface area contributed by atoms with Crippen LogP contribution in [0.1, 0.15) is 6.92 Å². The number of carbonyl (C=O) groups excluding carboxylic acids is 2. The van der Waals surface area contributed by atoms with E-state index in [4.69, 9.17) is 28.4 Å². The van der Waals surface area contributed by atoms with Crippen LogP contribution in [0.25, 0.3) is 0 Å². The summed E-state index contributed by atoms with van der Waals surface area (Å²) in [5.74, 6) is 5.97. The van der Waals surface area contributed by atoms with Gasteiger partial charge in [0, 0.05) is 46.7 Å². The van der Waals surface area contributed by atoms with E-state index >= 15 is 0 Å². The fourth-order valence-electron chi connectivity index (χ4n) is 2.86. The van der Waals surface area contributed by atoms with Crippen molar-refractivity contribution in [3.8, 4) is 11.5 Å². The van der Waals surface area contributed by atoms with Crippen LogP contribution in [-0.4, -0.2) is 104 Å². The summed E-state index contributed by atoms with van der Waals surface area (Å²) in [6.45, 7) is 9.95. The summed E-state index contributed by atoms with van der Waals surface area (Å²) in [6, 6.07) is 6.93. The molecule has 0 aliphatic carbocycles. The van der Waals surface area contributed by atoms with E-state index < -0.39 is 30.4 Å². The van der Waals surface area contributed by atoms with Crippen molar-refractivity contribution in [2.45, 2.75) is 25.4 Å². The van der Waals surface area contributed by atoms with Gasteiger partial charge in [0.2, 0.25) is 6.29 Å². The van der Waals surface area contributed by atoms with Crippen LogP contribution < -0.4 is 9.47 Å². The van der Waals surface area contributed by atoms with E-state index in [-0.39, 0.29) is 13.2 Å². The van der Waals surface area contributed by atoms with Gasteiger partial charge < -0.3 is 28.4 Å². The monoisotopic (exact) mass is 634 g/mol. The largest absolute Gasteiger partial charge is 0.490 e. The van der Waals surface area contributed by atoms with Gasteiger partial charge in [-0.15, -0.1) is 0 Å². The van der Waals surface area contributed by atoms with E-state index in [1.807, 2.05) is 23.5 Å². The van der Waals surface area contributed by atoms with Gasteiger partial charge in [-0.05, 0) is 43.7 Å².